The highest BCUT2D eigenvalue weighted by Crippen LogP contribution is 2.31. The molecule has 0 atom stereocenters. The topological polar surface area (TPSA) is 6.48 Å². The van der Waals surface area contributed by atoms with E-state index in [2.05, 4.69) is 91.0 Å². The fourth-order valence-electron chi connectivity index (χ4n) is 2.30. The number of benzene rings is 2. The fraction of sp³-hybridized carbons (Fsp3) is 0.200. The number of nitrogens with zero attached hydrogens (tertiary/aromatic N) is 2. The molecule has 2 aromatic carbocycles. The minimum atomic E-state index is 1.18. The molecule has 0 amide bonds. The summed E-state index contributed by atoms with van der Waals surface area (Å²) in [7, 11) is 6.23. The van der Waals surface area contributed by atoms with Crippen LogP contribution in [-0.2, 0) is 0 Å². The maximum Gasteiger partial charge on any atom is 0.0481 e. The summed E-state index contributed by atoms with van der Waals surface area (Å²) in [6.07, 6.45) is 8.30. The van der Waals surface area contributed by atoms with Crippen LogP contribution in [0.2, 0.25) is 0 Å². The molecule has 0 heterocycles. The van der Waals surface area contributed by atoms with Gasteiger partial charge in [0, 0.05) is 23.3 Å². The zero-order chi connectivity index (χ0) is 16.7. The highest BCUT2D eigenvalue weighted by Gasteiger charge is 2.08. The summed E-state index contributed by atoms with van der Waals surface area (Å²) in [5.41, 5.74) is 3.59. The summed E-state index contributed by atoms with van der Waals surface area (Å²) in [6.45, 7) is 2.02. The van der Waals surface area contributed by atoms with Gasteiger partial charge in [0.1, 0.15) is 0 Å². The first-order valence-corrected chi connectivity index (χ1v) is 8.46. The van der Waals surface area contributed by atoms with Gasteiger partial charge in [-0.15, -0.1) is 0 Å². The van der Waals surface area contributed by atoms with Gasteiger partial charge in [0.15, 0.2) is 0 Å². The normalized spacial score (nSPS) is 11.7. The van der Waals surface area contributed by atoms with Crippen LogP contribution in [0.25, 0.3) is 6.08 Å². The number of allylic oxidation sites excluding steroid dienone is 3. The van der Waals surface area contributed by atoms with Crippen molar-refractivity contribution in [2.24, 2.45) is 0 Å². The Morgan fingerprint density at radius 3 is 2.43 bits per heavy atom. The standard InChI is InChI=1S/C20H24N2S/c1-5-6-7-11-17-12-8-9-15-20(17)22(4)18-13-10-14-19(16-18)23-21(2)3/h5-16H,1-4H3/b6-5+,11-7+. The third-order valence-corrected chi connectivity index (χ3v) is 4.20. The van der Waals surface area contributed by atoms with E-state index in [1.165, 1.54) is 21.8 Å². The van der Waals surface area contributed by atoms with Crippen molar-refractivity contribution in [3.05, 3.63) is 72.3 Å². The maximum atomic E-state index is 2.23. The summed E-state index contributed by atoms with van der Waals surface area (Å²) < 4.78 is 2.10. The van der Waals surface area contributed by atoms with Gasteiger partial charge in [-0.25, -0.2) is 0 Å². The highest BCUT2D eigenvalue weighted by molar-refractivity contribution is 7.97. The van der Waals surface area contributed by atoms with Crippen LogP contribution in [0.15, 0.2) is 71.7 Å². The molecule has 23 heavy (non-hydrogen) atoms. The van der Waals surface area contributed by atoms with E-state index in [0.29, 0.717) is 0 Å². The largest absolute Gasteiger partial charge is 0.344 e. The Bertz CT molecular complexity index is 690. The second-order valence-corrected chi connectivity index (χ2v) is 6.79. The maximum absolute atomic E-state index is 2.23. The van der Waals surface area contributed by atoms with Gasteiger partial charge in [0.25, 0.3) is 0 Å². The zero-order valence-electron chi connectivity index (χ0n) is 14.2. The SMILES string of the molecule is C/C=C/C=C/c1ccccc1N(C)c1cccc(SN(C)C)c1. The first-order chi connectivity index (χ1) is 11.1. The van der Waals surface area contributed by atoms with Crippen LogP contribution in [0.5, 0.6) is 0 Å². The molecule has 3 heteroatoms. The fourth-order valence-corrected chi connectivity index (χ4v) is 3.04. The van der Waals surface area contributed by atoms with Crippen LogP contribution in [0.1, 0.15) is 12.5 Å². The summed E-state index contributed by atoms with van der Waals surface area (Å²) in [5.74, 6) is 0. The monoisotopic (exact) mass is 324 g/mol. The summed E-state index contributed by atoms with van der Waals surface area (Å²) >= 11 is 1.73. The van der Waals surface area contributed by atoms with Gasteiger partial charge < -0.3 is 4.90 Å². The predicted molar refractivity (Wildman–Crippen MR) is 104 cm³/mol. The molecule has 0 unspecified atom stereocenters. The molecule has 0 bridgehead atoms. The number of hydrogen-bond acceptors (Lipinski definition) is 3. The molecule has 0 aromatic heterocycles. The lowest BCUT2D eigenvalue weighted by atomic mass is 10.1. The minimum absolute atomic E-state index is 1.18. The Balaban J connectivity index is 2.31. The molecular weight excluding hydrogens is 300 g/mol. The van der Waals surface area contributed by atoms with Gasteiger partial charge in [-0.1, -0.05) is 48.6 Å². The highest BCUT2D eigenvalue weighted by atomic mass is 32.2. The van der Waals surface area contributed by atoms with E-state index in [9.17, 15) is 0 Å². The summed E-state index contributed by atoms with van der Waals surface area (Å²) in [5, 5.41) is 0. The van der Waals surface area contributed by atoms with E-state index in [4.69, 9.17) is 0 Å². The molecule has 0 saturated heterocycles. The Labute approximate surface area is 144 Å². The van der Waals surface area contributed by atoms with Gasteiger partial charge >= 0.3 is 0 Å². The Morgan fingerprint density at radius 2 is 1.70 bits per heavy atom. The zero-order valence-corrected chi connectivity index (χ0v) is 15.0. The smallest absolute Gasteiger partial charge is 0.0481 e. The Hall–Kier alpha value is -1.97. The van der Waals surface area contributed by atoms with Crippen molar-refractivity contribution >= 4 is 29.4 Å². The second-order valence-electron chi connectivity index (χ2n) is 5.40. The molecule has 0 fully saturated rings. The molecule has 0 aliphatic rings. The molecule has 0 aliphatic heterocycles. The van der Waals surface area contributed by atoms with E-state index in [-0.39, 0.29) is 0 Å². The van der Waals surface area contributed by atoms with Gasteiger partial charge in [-0.05, 0) is 62.8 Å². The van der Waals surface area contributed by atoms with Gasteiger partial charge in [-0.3, -0.25) is 4.31 Å². The van der Waals surface area contributed by atoms with Crippen molar-refractivity contribution < 1.29 is 0 Å². The third kappa shape index (κ3) is 5.02. The van der Waals surface area contributed by atoms with Crippen molar-refractivity contribution in [2.45, 2.75) is 11.8 Å². The van der Waals surface area contributed by atoms with Gasteiger partial charge in [0.05, 0.1) is 0 Å². The average Bonchev–Trinajstić information content (AvgIpc) is 2.54. The van der Waals surface area contributed by atoms with Crippen molar-refractivity contribution in [3.8, 4) is 0 Å². The Morgan fingerprint density at radius 1 is 0.913 bits per heavy atom. The van der Waals surface area contributed by atoms with Crippen molar-refractivity contribution in [1.29, 1.82) is 0 Å². The van der Waals surface area contributed by atoms with Gasteiger partial charge in [-0.2, -0.15) is 0 Å². The van der Waals surface area contributed by atoms with Crippen molar-refractivity contribution in [1.82, 2.24) is 4.31 Å². The van der Waals surface area contributed by atoms with Crippen LogP contribution < -0.4 is 4.90 Å². The van der Waals surface area contributed by atoms with Crippen LogP contribution >= 0.6 is 11.9 Å². The van der Waals surface area contributed by atoms with Crippen LogP contribution in [0, 0.1) is 0 Å². The molecule has 2 rings (SSSR count). The van der Waals surface area contributed by atoms with Crippen molar-refractivity contribution in [3.63, 3.8) is 0 Å². The van der Waals surface area contributed by atoms with Crippen LogP contribution in [0.4, 0.5) is 11.4 Å². The van der Waals surface area contributed by atoms with Crippen LogP contribution in [-0.4, -0.2) is 25.4 Å². The van der Waals surface area contributed by atoms with E-state index >= 15 is 0 Å². The molecule has 0 radical (unpaired) electrons. The molecule has 0 spiro atoms. The summed E-state index contributed by atoms with van der Waals surface area (Å²) in [4.78, 5) is 3.47. The minimum Gasteiger partial charge on any atom is -0.344 e. The quantitative estimate of drug-likeness (QED) is 0.503. The lowest BCUT2D eigenvalue weighted by Crippen LogP contribution is -2.11. The van der Waals surface area contributed by atoms with E-state index in [0.717, 1.165) is 0 Å². The predicted octanol–water partition coefficient (Wildman–Crippen LogP) is 5.61. The number of rotatable bonds is 6. The molecule has 0 saturated carbocycles. The molecule has 0 N–H and O–H groups in total. The van der Waals surface area contributed by atoms with Crippen molar-refractivity contribution in [2.75, 3.05) is 26.0 Å². The number of para-hydroxylation sites is 1. The first kappa shape index (κ1) is 17.4. The lowest BCUT2D eigenvalue weighted by Gasteiger charge is -2.22. The second kappa shape index (κ2) is 8.61. The van der Waals surface area contributed by atoms with Gasteiger partial charge in [0.2, 0.25) is 0 Å². The molecular formula is C20H24N2S. The molecule has 2 aromatic rings. The first-order valence-electron chi connectivity index (χ1n) is 7.69. The number of anilines is 2. The summed E-state index contributed by atoms with van der Waals surface area (Å²) in [6, 6.07) is 17.1. The van der Waals surface area contributed by atoms with E-state index in [1.54, 1.807) is 11.9 Å². The van der Waals surface area contributed by atoms with Crippen LogP contribution in [0.3, 0.4) is 0 Å². The molecule has 2 nitrogen and oxygen atoms in total. The molecule has 120 valence electrons. The Kier molecular flexibility index (Phi) is 6.51. The van der Waals surface area contributed by atoms with E-state index in [1.807, 2.05) is 19.1 Å². The average molecular weight is 324 g/mol. The third-order valence-electron chi connectivity index (χ3n) is 3.37. The number of hydrogen-bond donors (Lipinski definition) is 0. The van der Waals surface area contributed by atoms with E-state index < -0.39 is 0 Å². The molecule has 0 aliphatic carbocycles. The lowest BCUT2D eigenvalue weighted by molar-refractivity contribution is 0.702.